The number of isocyanates is 1. The Balaban J connectivity index is 2.63. The van der Waals surface area contributed by atoms with Crippen LogP contribution in [0.25, 0.3) is 0 Å². The number of hydrogen-bond acceptors (Lipinski definition) is 5. The highest BCUT2D eigenvalue weighted by Gasteiger charge is 2.60. The highest BCUT2D eigenvalue weighted by molar-refractivity contribution is 6.63. The first kappa shape index (κ1) is 10.6. The van der Waals surface area contributed by atoms with Gasteiger partial charge in [0.1, 0.15) is 0 Å². The summed E-state index contributed by atoms with van der Waals surface area (Å²) < 4.78 is 15.7. The molecule has 0 amide bonds. The van der Waals surface area contributed by atoms with E-state index in [1.54, 1.807) is 21.3 Å². The maximum absolute atomic E-state index is 9.99. The minimum absolute atomic E-state index is 0.0241. The molecule has 0 radical (unpaired) electrons. The second kappa shape index (κ2) is 4.12. The monoisotopic (exact) mass is 203 g/mol. The van der Waals surface area contributed by atoms with Crippen LogP contribution in [0.4, 0.5) is 0 Å². The average Bonchev–Trinajstić information content (AvgIpc) is 2.90. The molecular weight excluding hydrogens is 190 g/mol. The Morgan fingerprint density at radius 1 is 1.31 bits per heavy atom. The van der Waals surface area contributed by atoms with Gasteiger partial charge in [-0.2, -0.15) is 0 Å². The number of rotatable bonds is 5. The lowest BCUT2D eigenvalue weighted by Gasteiger charge is -2.23. The van der Waals surface area contributed by atoms with Crippen molar-refractivity contribution in [2.45, 2.75) is 18.0 Å². The first-order chi connectivity index (χ1) is 6.24. The fourth-order valence-corrected chi connectivity index (χ4v) is 3.96. The van der Waals surface area contributed by atoms with Crippen molar-refractivity contribution in [1.82, 2.24) is 0 Å². The van der Waals surface area contributed by atoms with Crippen LogP contribution in [0.1, 0.15) is 6.42 Å². The maximum atomic E-state index is 9.99. The molecule has 2 atom stereocenters. The van der Waals surface area contributed by atoms with Gasteiger partial charge in [0.25, 0.3) is 0 Å². The number of carbonyl (C=O) groups excluding carboxylic acids is 1. The van der Waals surface area contributed by atoms with E-state index in [0.29, 0.717) is 0 Å². The molecule has 0 saturated heterocycles. The van der Waals surface area contributed by atoms with Crippen molar-refractivity contribution in [3.8, 4) is 0 Å². The minimum Gasteiger partial charge on any atom is -0.377 e. The molecule has 0 heterocycles. The van der Waals surface area contributed by atoms with Crippen molar-refractivity contribution in [3.63, 3.8) is 0 Å². The summed E-state index contributed by atoms with van der Waals surface area (Å²) in [6, 6.07) is -0.0241. The van der Waals surface area contributed by atoms with E-state index < -0.39 is 8.80 Å². The maximum Gasteiger partial charge on any atom is 0.505 e. The normalized spacial score (nSPS) is 26.7. The molecule has 1 rings (SSSR count). The third-order valence-corrected chi connectivity index (χ3v) is 5.52. The van der Waals surface area contributed by atoms with Gasteiger partial charge in [-0.05, 0) is 6.42 Å². The predicted octanol–water partition coefficient (Wildman–Crippen LogP) is 0.343. The molecular formula is C7H13NO4Si. The molecule has 0 aromatic rings. The second-order valence-electron chi connectivity index (χ2n) is 2.85. The van der Waals surface area contributed by atoms with Crippen LogP contribution in [0.2, 0.25) is 5.54 Å². The summed E-state index contributed by atoms with van der Waals surface area (Å²) in [4.78, 5) is 13.6. The van der Waals surface area contributed by atoms with Crippen molar-refractivity contribution in [2.24, 2.45) is 4.99 Å². The van der Waals surface area contributed by atoms with Gasteiger partial charge in [0.15, 0.2) is 0 Å². The Hall–Kier alpha value is -0.523. The smallest absolute Gasteiger partial charge is 0.377 e. The Morgan fingerprint density at radius 2 is 1.85 bits per heavy atom. The van der Waals surface area contributed by atoms with E-state index in [4.69, 9.17) is 13.3 Å². The molecule has 6 heteroatoms. The van der Waals surface area contributed by atoms with E-state index in [9.17, 15) is 4.79 Å². The quantitative estimate of drug-likeness (QED) is 0.367. The molecule has 0 aliphatic heterocycles. The molecule has 0 spiro atoms. The summed E-state index contributed by atoms with van der Waals surface area (Å²) in [6.45, 7) is 0. The van der Waals surface area contributed by atoms with Crippen LogP contribution in [0.5, 0.6) is 0 Å². The summed E-state index contributed by atoms with van der Waals surface area (Å²) in [5.74, 6) is 0. The molecule has 0 N–H and O–H groups in total. The van der Waals surface area contributed by atoms with Gasteiger partial charge in [-0.1, -0.05) is 0 Å². The van der Waals surface area contributed by atoms with Crippen molar-refractivity contribution >= 4 is 14.9 Å². The molecule has 13 heavy (non-hydrogen) atoms. The Kier molecular flexibility index (Phi) is 3.35. The molecule has 0 aromatic heterocycles. The van der Waals surface area contributed by atoms with Gasteiger partial charge in [-0.3, -0.25) is 0 Å². The van der Waals surface area contributed by atoms with Gasteiger partial charge in [-0.25, -0.2) is 9.79 Å². The third-order valence-electron chi connectivity index (χ3n) is 2.28. The lowest BCUT2D eigenvalue weighted by Crippen LogP contribution is -2.44. The van der Waals surface area contributed by atoms with Crippen LogP contribution < -0.4 is 0 Å². The molecule has 5 nitrogen and oxygen atoms in total. The van der Waals surface area contributed by atoms with E-state index in [2.05, 4.69) is 4.99 Å². The van der Waals surface area contributed by atoms with Gasteiger partial charge in [0, 0.05) is 21.3 Å². The number of aliphatic imine (C=N–C) groups is 1. The van der Waals surface area contributed by atoms with Crippen molar-refractivity contribution < 1.29 is 18.1 Å². The fraction of sp³-hybridized carbons (Fsp3) is 0.857. The first-order valence-corrected chi connectivity index (χ1v) is 5.76. The lowest BCUT2D eigenvalue weighted by molar-refractivity contribution is 0.121. The predicted molar refractivity (Wildman–Crippen MR) is 47.1 cm³/mol. The molecule has 2 unspecified atom stereocenters. The van der Waals surface area contributed by atoms with E-state index >= 15 is 0 Å². The van der Waals surface area contributed by atoms with Gasteiger partial charge >= 0.3 is 8.80 Å². The summed E-state index contributed by atoms with van der Waals surface area (Å²) in [5, 5.41) is 0. The zero-order valence-corrected chi connectivity index (χ0v) is 8.94. The Labute approximate surface area is 78.1 Å². The van der Waals surface area contributed by atoms with E-state index in [0.717, 1.165) is 6.42 Å². The fourth-order valence-electron chi connectivity index (χ4n) is 1.48. The second-order valence-corrected chi connectivity index (χ2v) is 6.02. The van der Waals surface area contributed by atoms with Gasteiger partial charge in [0.2, 0.25) is 6.08 Å². The van der Waals surface area contributed by atoms with E-state index in [1.165, 1.54) is 6.08 Å². The third kappa shape index (κ3) is 1.87. The van der Waals surface area contributed by atoms with Crippen LogP contribution in [0.15, 0.2) is 4.99 Å². The topological polar surface area (TPSA) is 57.1 Å². The summed E-state index contributed by atoms with van der Waals surface area (Å²) in [7, 11) is 2.11. The SMILES string of the molecule is CO[Si](OC)(OC)C1CC1N=C=O. The molecule has 1 aliphatic rings. The number of nitrogens with zero attached hydrogens (tertiary/aromatic N) is 1. The summed E-state index contributed by atoms with van der Waals surface area (Å²) in [5.41, 5.74) is 0.119. The first-order valence-electron chi connectivity index (χ1n) is 3.96. The lowest BCUT2D eigenvalue weighted by atomic mass is 10.8. The van der Waals surface area contributed by atoms with Gasteiger partial charge in [0.05, 0.1) is 11.6 Å². The number of hydrogen-bond donors (Lipinski definition) is 0. The molecule has 1 saturated carbocycles. The summed E-state index contributed by atoms with van der Waals surface area (Å²) in [6.07, 6.45) is 2.32. The van der Waals surface area contributed by atoms with Crippen LogP contribution >= 0.6 is 0 Å². The van der Waals surface area contributed by atoms with Crippen molar-refractivity contribution in [1.29, 1.82) is 0 Å². The molecule has 0 aromatic carbocycles. The standard InChI is InChI=1S/C7H13NO4Si/c1-10-13(11-2,12-3)7-4-6(7)8-5-9/h6-7H,4H2,1-3H3. The minimum atomic E-state index is -2.56. The summed E-state index contributed by atoms with van der Waals surface area (Å²) >= 11 is 0. The Morgan fingerprint density at radius 3 is 2.23 bits per heavy atom. The van der Waals surface area contributed by atoms with Gasteiger partial charge < -0.3 is 13.3 Å². The van der Waals surface area contributed by atoms with Crippen LogP contribution in [0, 0.1) is 0 Å². The van der Waals surface area contributed by atoms with Crippen molar-refractivity contribution in [2.75, 3.05) is 21.3 Å². The van der Waals surface area contributed by atoms with Gasteiger partial charge in [-0.15, -0.1) is 0 Å². The van der Waals surface area contributed by atoms with Crippen LogP contribution in [-0.2, 0) is 18.1 Å². The van der Waals surface area contributed by atoms with Crippen LogP contribution in [-0.4, -0.2) is 42.3 Å². The zero-order valence-electron chi connectivity index (χ0n) is 7.94. The zero-order chi connectivity index (χ0) is 9.90. The van der Waals surface area contributed by atoms with Crippen molar-refractivity contribution in [3.05, 3.63) is 0 Å². The highest BCUT2D eigenvalue weighted by atomic mass is 28.4. The van der Waals surface area contributed by atoms with E-state index in [1.807, 2.05) is 0 Å². The highest BCUT2D eigenvalue weighted by Crippen LogP contribution is 2.48. The van der Waals surface area contributed by atoms with E-state index in [-0.39, 0.29) is 11.6 Å². The molecule has 1 fully saturated rings. The average molecular weight is 203 g/mol. The molecule has 74 valence electrons. The largest absolute Gasteiger partial charge is 0.505 e. The van der Waals surface area contributed by atoms with Crippen LogP contribution in [0.3, 0.4) is 0 Å². The Bertz CT molecular complexity index is 216. The molecule has 0 bridgehead atoms. The molecule has 1 aliphatic carbocycles.